The highest BCUT2D eigenvalue weighted by Crippen LogP contribution is 2.39. The molecule has 0 aromatic heterocycles. The highest BCUT2D eigenvalue weighted by Gasteiger charge is 2.23. The number of benzene rings is 2. The van der Waals surface area contributed by atoms with Crippen LogP contribution in [0.5, 0.6) is 17.2 Å². The molecular weight excluding hydrogens is 368 g/mol. The minimum Gasteiger partial charge on any atom is -0.493 e. The first-order valence-electron chi connectivity index (χ1n) is 8.58. The summed E-state index contributed by atoms with van der Waals surface area (Å²) in [6.07, 6.45) is 1.00. The summed E-state index contributed by atoms with van der Waals surface area (Å²) in [5, 5.41) is 6.46. The maximum atomic E-state index is 12.7. The monoisotopic (exact) mass is 392 g/mol. The molecule has 0 radical (unpaired) electrons. The molecule has 2 aromatic rings. The molecule has 0 saturated carbocycles. The number of fused-ring (bicyclic) bond motifs is 1. The average molecular weight is 393 g/mol. The van der Waals surface area contributed by atoms with Crippen molar-refractivity contribution in [1.29, 1.82) is 0 Å². The Balaban J connectivity index is 0.00000261. The van der Waals surface area contributed by atoms with Crippen LogP contribution in [0.3, 0.4) is 0 Å². The summed E-state index contributed by atoms with van der Waals surface area (Å²) in [5.74, 6) is 1.07. The van der Waals surface area contributed by atoms with Gasteiger partial charge < -0.3 is 24.8 Å². The molecule has 1 unspecified atom stereocenters. The second-order valence-corrected chi connectivity index (χ2v) is 6.05. The minimum atomic E-state index is -0.215. The lowest BCUT2D eigenvalue weighted by atomic mass is 9.94. The lowest BCUT2D eigenvalue weighted by Gasteiger charge is -2.27. The van der Waals surface area contributed by atoms with Crippen LogP contribution in [0.4, 0.5) is 0 Å². The van der Waals surface area contributed by atoms with Crippen molar-refractivity contribution in [2.24, 2.45) is 0 Å². The molecule has 0 fully saturated rings. The lowest BCUT2D eigenvalue weighted by Crippen LogP contribution is -2.38. The molecule has 1 aliphatic rings. The van der Waals surface area contributed by atoms with Gasteiger partial charge in [-0.25, -0.2) is 0 Å². The van der Waals surface area contributed by atoms with Crippen LogP contribution in [0.1, 0.15) is 27.5 Å². The first kappa shape index (κ1) is 20.9. The summed E-state index contributed by atoms with van der Waals surface area (Å²) in [4.78, 5) is 12.7. The van der Waals surface area contributed by atoms with Gasteiger partial charge in [-0.3, -0.25) is 4.79 Å². The van der Waals surface area contributed by atoms with Gasteiger partial charge in [-0.05, 0) is 36.2 Å². The molecule has 27 heavy (non-hydrogen) atoms. The number of halogens is 1. The van der Waals surface area contributed by atoms with E-state index in [1.165, 1.54) is 25.3 Å². The van der Waals surface area contributed by atoms with Crippen LogP contribution < -0.4 is 24.8 Å². The second-order valence-electron chi connectivity index (χ2n) is 6.05. The number of carbonyl (C=O) groups excluding carboxylic acids is 1. The number of amides is 1. The van der Waals surface area contributed by atoms with Crippen LogP contribution in [0.25, 0.3) is 0 Å². The van der Waals surface area contributed by atoms with E-state index < -0.39 is 0 Å². The number of carbonyl (C=O) groups is 1. The molecule has 0 saturated heterocycles. The number of rotatable bonds is 6. The van der Waals surface area contributed by atoms with Crippen molar-refractivity contribution in [3.8, 4) is 17.2 Å². The van der Waals surface area contributed by atoms with Crippen molar-refractivity contribution in [2.75, 3.05) is 34.4 Å². The van der Waals surface area contributed by atoms with Crippen molar-refractivity contribution in [3.05, 3.63) is 53.1 Å². The van der Waals surface area contributed by atoms with Gasteiger partial charge in [0.25, 0.3) is 5.91 Å². The highest BCUT2D eigenvalue weighted by molar-refractivity contribution is 5.98. The van der Waals surface area contributed by atoms with Gasteiger partial charge in [-0.1, -0.05) is 24.3 Å². The Labute approximate surface area is 165 Å². The molecular formula is C20H25ClN2O4. The third-order valence-electron chi connectivity index (χ3n) is 4.63. The average Bonchev–Trinajstić information content (AvgIpc) is 2.70. The van der Waals surface area contributed by atoms with Crippen LogP contribution in [0.2, 0.25) is 0 Å². The molecule has 0 aliphatic carbocycles. The number of hydrogen-bond donors (Lipinski definition) is 2. The normalized spacial score (nSPS) is 15.1. The fourth-order valence-electron chi connectivity index (χ4n) is 3.35. The summed E-state index contributed by atoms with van der Waals surface area (Å²) < 4.78 is 16.0. The molecule has 1 aliphatic heterocycles. The zero-order valence-electron chi connectivity index (χ0n) is 15.7. The van der Waals surface area contributed by atoms with E-state index in [4.69, 9.17) is 14.2 Å². The maximum Gasteiger partial charge on any atom is 0.255 e. The van der Waals surface area contributed by atoms with Gasteiger partial charge in [-0.2, -0.15) is 0 Å². The van der Waals surface area contributed by atoms with Gasteiger partial charge in [0, 0.05) is 12.6 Å². The molecule has 1 atom stereocenters. The SMILES string of the molecule is COc1ccc(C(=O)NCC2NCCc3ccccc32)c(OC)c1OC.Cl. The zero-order chi connectivity index (χ0) is 18.5. The molecule has 1 amide bonds. The fraction of sp³-hybridized carbons (Fsp3) is 0.350. The molecule has 146 valence electrons. The molecule has 7 heteroatoms. The van der Waals surface area contributed by atoms with Crippen LogP contribution in [0.15, 0.2) is 36.4 Å². The molecule has 3 rings (SSSR count). The molecule has 0 bridgehead atoms. The largest absolute Gasteiger partial charge is 0.493 e. The topological polar surface area (TPSA) is 68.8 Å². The smallest absolute Gasteiger partial charge is 0.255 e. The van der Waals surface area contributed by atoms with Gasteiger partial charge in [0.15, 0.2) is 11.5 Å². The van der Waals surface area contributed by atoms with Crippen LogP contribution in [-0.4, -0.2) is 40.3 Å². The van der Waals surface area contributed by atoms with Crippen LogP contribution >= 0.6 is 12.4 Å². The Kier molecular flexibility index (Phi) is 7.33. The van der Waals surface area contributed by atoms with Crippen molar-refractivity contribution in [3.63, 3.8) is 0 Å². The molecule has 1 heterocycles. The Morgan fingerprint density at radius 1 is 1.07 bits per heavy atom. The van der Waals surface area contributed by atoms with Crippen molar-refractivity contribution in [2.45, 2.75) is 12.5 Å². The zero-order valence-corrected chi connectivity index (χ0v) is 16.5. The van der Waals surface area contributed by atoms with Crippen molar-refractivity contribution >= 4 is 18.3 Å². The third kappa shape index (κ3) is 4.28. The molecule has 2 N–H and O–H groups in total. The summed E-state index contributed by atoms with van der Waals surface area (Å²) >= 11 is 0. The number of ether oxygens (including phenoxy) is 3. The second kappa shape index (κ2) is 9.48. The Bertz CT molecular complexity index is 798. The minimum absolute atomic E-state index is 0. The molecule has 2 aromatic carbocycles. The standard InChI is InChI=1S/C20H24N2O4.ClH/c1-24-17-9-8-15(18(25-2)19(17)26-3)20(23)22-12-16-14-7-5-4-6-13(14)10-11-21-16;/h4-9,16,21H,10-12H2,1-3H3,(H,22,23);1H. The van der Waals surface area contributed by atoms with Crippen molar-refractivity contribution in [1.82, 2.24) is 10.6 Å². The predicted octanol–water partition coefficient (Wildman–Crippen LogP) is 2.75. The fourth-order valence-corrected chi connectivity index (χ4v) is 3.35. The van der Waals surface area contributed by atoms with Gasteiger partial charge >= 0.3 is 0 Å². The number of nitrogens with one attached hydrogen (secondary N) is 2. The van der Waals surface area contributed by atoms with E-state index in [1.807, 2.05) is 12.1 Å². The number of methoxy groups -OCH3 is 3. The van der Waals surface area contributed by atoms with E-state index in [2.05, 4.69) is 22.8 Å². The van der Waals surface area contributed by atoms with E-state index in [0.29, 0.717) is 29.4 Å². The van der Waals surface area contributed by atoms with Gasteiger partial charge in [0.2, 0.25) is 5.75 Å². The molecule has 0 spiro atoms. The van der Waals surface area contributed by atoms with E-state index in [9.17, 15) is 4.79 Å². The Morgan fingerprint density at radius 3 is 2.52 bits per heavy atom. The third-order valence-corrected chi connectivity index (χ3v) is 4.63. The predicted molar refractivity (Wildman–Crippen MR) is 107 cm³/mol. The van der Waals surface area contributed by atoms with E-state index in [-0.39, 0.29) is 24.4 Å². The first-order chi connectivity index (χ1) is 12.7. The molecule has 6 nitrogen and oxygen atoms in total. The quantitative estimate of drug-likeness (QED) is 0.791. The van der Waals surface area contributed by atoms with Gasteiger partial charge in [-0.15, -0.1) is 12.4 Å². The van der Waals surface area contributed by atoms with Crippen LogP contribution in [-0.2, 0) is 6.42 Å². The Morgan fingerprint density at radius 2 is 1.81 bits per heavy atom. The summed E-state index contributed by atoms with van der Waals surface area (Å²) in [7, 11) is 4.57. The first-order valence-corrected chi connectivity index (χ1v) is 8.58. The van der Waals surface area contributed by atoms with E-state index in [1.54, 1.807) is 19.2 Å². The number of hydrogen-bond acceptors (Lipinski definition) is 5. The lowest BCUT2D eigenvalue weighted by molar-refractivity contribution is 0.0945. The van der Waals surface area contributed by atoms with Crippen molar-refractivity contribution < 1.29 is 19.0 Å². The maximum absolute atomic E-state index is 12.7. The van der Waals surface area contributed by atoms with Crippen LogP contribution in [0, 0.1) is 0 Å². The Hall–Kier alpha value is -2.44. The summed E-state index contributed by atoms with van der Waals surface area (Å²) in [6.45, 7) is 1.39. The highest BCUT2D eigenvalue weighted by atomic mass is 35.5. The van der Waals surface area contributed by atoms with E-state index in [0.717, 1.165) is 13.0 Å². The van der Waals surface area contributed by atoms with E-state index >= 15 is 0 Å². The van der Waals surface area contributed by atoms with Gasteiger partial charge in [0.05, 0.1) is 26.9 Å². The van der Waals surface area contributed by atoms with Gasteiger partial charge in [0.1, 0.15) is 0 Å². The summed E-state index contributed by atoms with van der Waals surface area (Å²) in [5.41, 5.74) is 2.97. The summed E-state index contributed by atoms with van der Waals surface area (Å²) in [6, 6.07) is 11.8.